The molecule has 0 amide bonds. The number of carbonyl (C=O) groups is 1. The minimum atomic E-state index is 0.0566. The SMILES string of the molecule is CNCCCCOCOC.O=CCCCOCCO. The van der Waals surface area contributed by atoms with Crippen molar-refractivity contribution in [2.24, 2.45) is 0 Å². The Morgan fingerprint density at radius 3 is 2.42 bits per heavy atom. The molecule has 0 rings (SSSR count). The second kappa shape index (κ2) is 22.6. The standard InChI is InChI=1S/C7H17NO2.C6H12O3/c1-8-5-3-4-6-10-7-9-2;7-3-1-2-5-9-6-4-8/h8H,3-7H2,1-2H3;3,8H,1-2,4-6H2. The summed E-state index contributed by atoms with van der Waals surface area (Å²) < 4.78 is 14.7. The summed E-state index contributed by atoms with van der Waals surface area (Å²) in [5.74, 6) is 0. The highest BCUT2D eigenvalue weighted by molar-refractivity contribution is 5.48. The van der Waals surface area contributed by atoms with Crippen LogP contribution in [0.25, 0.3) is 0 Å². The molecule has 0 spiro atoms. The molecule has 116 valence electrons. The quantitative estimate of drug-likeness (QED) is 0.292. The largest absolute Gasteiger partial charge is 0.394 e. The second-order valence-corrected chi connectivity index (χ2v) is 3.77. The summed E-state index contributed by atoms with van der Waals surface area (Å²) in [4.78, 5) is 9.73. The third-order valence-corrected chi connectivity index (χ3v) is 2.01. The first-order chi connectivity index (χ1) is 9.33. The van der Waals surface area contributed by atoms with E-state index in [-0.39, 0.29) is 6.61 Å². The normalized spacial score (nSPS) is 9.84. The van der Waals surface area contributed by atoms with Crippen LogP contribution in [0.2, 0.25) is 0 Å². The summed E-state index contributed by atoms with van der Waals surface area (Å²) in [6.45, 7) is 3.28. The molecule has 0 aromatic rings. The first-order valence-corrected chi connectivity index (χ1v) is 6.67. The van der Waals surface area contributed by atoms with Gasteiger partial charge in [-0.05, 0) is 32.9 Å². The molecule has 6 nitrogen and oxygen atoms in total. The van der Waals surface area contributed by atoms with Crippen LogP contribution in [0.3, 0.4) is 0 Å². The molecular formula is C13H29NO5. The maximum absolute atomic E-state index is 9.73. The van der Waals surface area contributed by atoms with Gasteiger partial charge in [0.2, 0.25) is 0 Å². The Hall–Kier alpha value is -0.530. The van der Waals surface area contributed by atoms with Crippen molar-refractivity contribution >= 4 is 6.29 Å². The maximum atomic E-state index is 9.73. The number of carbonyl (C=O) groups excluding carboxylic acids is 1. The molecule has 0 aromatic heterocycles. The van der Waals surface area contributed by atoms with Gasteiger partial charge in [-0.25, -0.2) is 0 Å². The van der Waals surface area contributed by atoms with Crippen molar-refractivity contribution < 1.29 is 24.1 Å². The van der Waals surface area contributed by atoms with Gasteiger partial charge in [0.1, 0.15) is 13.1 Å². The second-order valence-electron chi connectivity index (χ2n) is 3.77. The molecule has 0 aliphatic rings. The topological polar surface area (TPSA) is 77.0 Å². The van der Waals surface area contributed by atoms with Crippen molar-refractivity contribution in [1.82, 2.24) is 5.32 Å². The van der Waals surface area contributed by atoms with Gasteiger partial charge < -0.3 is 29.4 Å². The van der Waals surface area contributed by atoms with Crippen LogP contribution in [0.1, 0.15) is 25.7 Å². The third-order valence-electron chi connectivity index (χ3n) is 2.01. The van der Waals surface area contributed by atoms with Crippen LogP contribution < -0.4 is 5.32 Å². The van der Waals surface area contributed by atoms with E-state index in [0.717, 1.165) is 32.3 Å². The molecular weight excluding hydrogens is 250 g/mol. The zero-order valence-corrected chi connectivity index (χ0v) is 12.2. The molecule has 0 fully saturated rings. The molecule has 6 heteroatoms. The lowest BCUT2D eigenvalue weighted by Crippen LogP contribution is -2.08. The van der Waals surface area contributed by atoms with E-state index in [1.807, 2.05) is 7.05 Å². The van der Waals surface area contributed by atoms with Gasteiger partial charge in [-0.3, -0.25) is 0 Å². The lowest BCUT2D eigenvalue weighted by molar-refractivity contribution is -0.108. The highest BCUT2D eigenvalue weighted by atomic mass is 16.7. The van der Waals surface area contributed by atoms with E-state index in [1.54, 1.807) is 7.11 Å². The van der Waals surface area contributed by atoms with Gasteiger partial charge in [-0.1, -0.05) is 0 Å². The van der Waals surface area contributed by atoms with Crippen molar-refractivity contribution in [2.45, 2.75) is 25.7 Å². The van der Waals surface area contributed by atoms with Crippen LogP contribution >= 0.6 is 0 Å². The first kappa shape index (κ1) is 20.8. The van der Waals surface area contributed by atoms with Crippen molar-refractivity contribution in [3.8, 4) is 0 Å². The number of unbranched alkanes of at least 4 members (excludes halogenated alkanes) is 2. The number of hydrogen-bond donors (Lipinski definition) is 2. The lowest BCUT2D eigenvalue weighted by atomic mass is 10.3. The zero-order chi connectivity index (χ0) is 14.6. The van der Waals surface area contributed by atoms with E-state index in [1.165, 1.54) is 6.42 Å². The summed E-state index contributed by atoms with van der Waals surface area (Å²) in [6, 6.07) is 0. The fourth-order valence-corrected chi connectivity index (χ4v) is 1.08. The summed E-state index contributed by atoms with van der Waals surface area (Å²) in [7, 11) is 3.59. The summed E-state index contributed by atoms with van der Waals surface area (Å²) >= 11 is 0. The Morgan fingerprint density at radius 2 is 1.84 bits per heavy atom. The number of hydrogen-bond acceptors (Lipinski definition) is 6. The van der Waals surface area contributed by atoms with Crippen LogP contribution in [-0.4, -0.2) is 65.3 Å². The molecule has 0 aromatic carbocycles. The Bertz CT molecular complexity index is 150. The van der Waals surface area contributed by atoms with Crippen molar-refractivity contribution in [3.05, 3.63) is 0 Å². The average Bonchev–Trinajstić information content (AvgIpc) is 2.43. The molecule has 0 bridgehead atoms. The number of aliphatic hydroxyl groups is 1. The minimum Gasteiger partial charge on any atom is -0.394 e. The van der Waals surface area contributed by atoms with E-state index in [2.05, 4.69) is 5.32 Å². The molecule has 0 aliphatic heterocycles. The Labute approximate surface area is 116 Å². The zero-order valence-electron chi connectivity index (χ0n) is 12.2. The molecule has 0 heterocycles. The number of nitrogens with one attached hydrogen (secondary N) is 1. The third kappa shape index (κ3) is 26.9. The molecule has 0 aliphatic carbocycles. The van der Waals surface area contributed by atoms with Crippen molar-refractivity contribution in [1.29, 1.82) is 0 Å². The summed E-state index contributed by atoms with van der Waals surface area (Å²) in [6.07, 6.45) is 4.43. The van der Waals surface area contributed by atoms with Crippen LogP contribution in [0.15, 0.2) is 0 Å². The van der Waals surface area contributed by atoms with Gasteiger partial charge in [0.15, 0.2) is 0 Å². The Morgan fingerprint density at radius 1 is 1.11 bits per heavy atom. The number of aliphatic hydroxyl groups excluding tert-OH is 1. The van der Waals surface area contributed by atoms with Gasteiger partial charge >= 0.3 is 0 Å². The summed E-state index contributed by atoms with van der Waals surface area (Å²) in [5, 5.41) is 11.3. The minimum absolute atomic E-state index is 0.0566. The van der Waals surface area contributed by atoms with Gasteiger partial charge in [0.05, 0.1) is 13.2 Å². The van der Waals surface area contributed by atoms with Gasteiger partial charge in [-0.2, -0.15) is 0 Å². The monoisotopic (exact) mass is 279 g/mol. The molecule has 2 N–H and O–H groups in total. The van der Waals surface area contributed by atoms with Gasteiger partial charge in [0.25, 0.3) is 0 Å². The lowest BCUT2D eigenvalue weighted by Gasteiger charge is -2.01. The molecule has 19 heavy (non-hydrogen) atoms. The average molecular weight is 279 g/mol. The molecule has 0 atom stereocenters. The highest BCUT2D eigenvalue weighted by Crippen LogP contribution is 1.87. The number of methoxy groups -OCH3 is 1. The fourth-order valence-electron chi connectivity index (χ4n) is 1.08. The highest BCUT2D eigenvalue weighted by Gasteiger charge is 1.86. The van der Waals surface area contributed by atoms with Gasteiger partial charge in [0, 0.05) is 26.7 Å². The molecule has 0 saturated carbocycles. The molecule has 0 unspecified atom stereocenters. The Kier molecular flexibility index (Phi) is 24.8. The van der Waals surface area contributed by atoms with E-state index in [4.69, 9.17) is 19.3 Å². The van der Waals surface area contributed by atoms with Crippen molar-refractivity contribution in [2.75, 3.05) is 53.9 Å². The summed E-state index contributed by atoms with van der Waals surface area (Å²) in [5.41, 5.74) is 0. The molecule has 0 radical (unpaired) electrons. The maximum Gasteiger partial charge on any atom is 0.146 e. The fraction of sp³-hybridized carbons (Fsp3) is 0.923. The number of ether oxygens (including phenoxy) is 3. The van der Waals surface area contributed by atoms with E-state index in [9.17, 15) is 4.79 Å². The van der Waals surface area contributed by atoms with Crippen LogP contribution in [0.4, 0.5) is 0 Å². The van der Waals surface area contributed by atoms with E-state index in [0.29, 0.717) is 26.4 Å². The van der Waals surface area contributed by atoms with Crippen LogP contribution in [0.5, 0.6) is 0 Å². The smallest absolute Gasteiger partial charge is 0.146 e. The van der Waals surface area contributed by atoms with Gasteiger partial charge in [-0.15, -0.1) is 0 Å². The van der Waals surface area contributed by atoms with Crippen LogP contribution in [-0.2, 0) is 19.0 Å². The van der Waals surface area contributed by atoms with Crippen LogP contribution in [0, 0.1) is 0 Å². The van der Waals surface area contributed by atoms with E-state index >= 15 is 0 Å². The van der Waals surface area contributed by atoms with E-state index < -0.39 is 0 Å². The number of aldehydes is 1. The Balaban J connectivity index is 0. The predicted molar refractivity (Wildman–Crippen MR) is 74.2 cm³/mol. The number of rotatable bonds is 13. The predicted octanol–water partition coefficient (Wildman–Crippen LogP) is 0.581. The first-order valence-electron chi connectivity index (χ1n) is 6.67. The molecule has 0 saturated heterocycles. The van der Waals surface area contributed by atoms with Crippen molar-refractivity contribution in [3.63, 3.8) is 0 Å².